The lowest BCUT2D eigenvalue weighted by atomic mass is 10.0. The minimum absolute atomic E-state index is 0.0310. The van der Waals surface area contributed by atoms with Gasteiger partial charge in [-0.05, 0) is 30.0 Å². The maximum atomic E-state index is 13.7. The number of rotatable bonds is 8. The summed E-state index contributed by atoms with van der Waals surface area (Å²) in [6.45, 7) is 4.09. The first-order valence-electron chi connectivity index (χ1n) is 7.86. The molecule has 1 aromatic heterocycles. The normalized spacial score (nSPS) is 12.4. The zero-order valence-corrected chi connectivity index (χ0v) is 15.5. The quantitative estimate of drug-likeness (QED) is 0.396. The third kappa shape index (κ3) is 6.09. The van der Waals surface area contributed by atoms with Crippen molar-refractivity contribution in [2.75, 3.05) is 11.9 Å². The maximum Gasteiger partial charge on any atom is 0.225 e. The van der Waals surface area contributed by atoms with Gasteiger partial charge in [0.15, 0.2) is 11.6 Å². The number of benzene rings is 1. The van der Waals surface area contributed by atoms with E-state index in [4.69, 9.17) is 11.6 Å². The van der Waals surface area contributed by atoms with Gasteiger partial charge in [-0.25, -0.2) is 18.7 Å². The molecular formula is C17H20ClF2N3OS. The van der Waals surface area contributed by atoms with Crippen LogP contribution in [0.3, 0.4) is 0 Å². The first-order chi connectivity index (χ1) is 11.9. The molecule has 0 amide bonds. The predicted molar refractivity (Wildman–Crippen MR) is 96.9 cm³/mol. The zero-order valence-electron chi connectivity index (χ0n) is 14.0. The summed E-state index contributed by atoms with van der Waals surface area (Å²) in [6, 6.07) is 5.60. The number of hydrogen-bond donors (Lipinski definition) is 2. The Morgan fingerprint density at radius 3 is 2.72 bits per heavy atom. The summed E-state index contributed by atoms with van der Waals surface area (Å²) >= 11 is 7.18. The molecular weight excluding hydrogens is 368 g/mol. The topological polar surface area (TPSA) is 58.0 Å². The Bertz CT molecular complexity index is 718. The molecule has 0 unspecified atom stereocenters. The molecule has 0 aliphatic carbocycles. The number of anilines is 1. The average molecular weight is 388 g/mol. The number of aliphatic hydroxyl groups excluding tert-OH is 1. The minimum atomic E-state index is -0.874. The van der Waals surface area contributed by atoms with Crippen LogP contribution < -0.4 is 5.32 Å². The van der Waals surface area contributed by atoms with Gasteiger partial charge in [-0.3, -0.25) is 0 Å². The smallest absolute Gasteiger partial charge is 0.225 e. The van der Waals surface area contributed by atoms with E-state index in [2.05, 4.69) is 29.1 Å². The van der Waals surface area contributed by atoms with Crippen LogP contribution in [0, 0.1) is 17.6 Å². The Kier molecular flexibility index (Phi) is 7.40. The highest BCUT2D eigenvalue weighted by molar-refractivity contribution is 7.98. The predicted octanol–water partition coefficient (Wildman–Crippen LogP) is 4.52. The second-order valence-electron chi connectivity index (χ2n) is 6.02. The zero-order chi connectivity index (χ0) is 18.4. The molecule has 0 radical (unpaired) electrons. The minimum Gasteiger partial charge on any atom is -0.394 e. The van der Waals surface area contributed by atoms with Gasteiger partial charge >= 0.3 is 0 Å². The van der Waals surface area contributed by atoms with E-state index in [9.17, 15) is 13.9 Å². The van der Waals surface area contributed by atoms with Crippen LogP contribution in [0.4, 0.5) is 14.6 Å². The lowest BCUT2D eigenvalue weighted by Crippen LogP contribution is -2.26. The standard InChI is InChI=1S/C17H20ClF2N3OS/c1-10(2)6-12(8-24)21-14-7-15(23-17(18)22-14)25-9-11-4-3-5-13(19)16(11)20/h3-5,7,10,12,24H,6,8-9H2,1-2H3,(H,21,22,23)/t12-/m1/s1. The molecule has 136 valence electrons. The van der Waals surface area contributed by atoms with Crippen LogP contribution in [0.1, 0.15) is 25.8 Å². The van der Waals surface area contributed by atoms with E-state index < -0.39 is 11.6 Å². The summed E-state index contributed by atoms with van der Waals surface area (Å²) in [5.74, 6) is -0.619. The molecule has 4 nitrogen and oxygen atoms in total. The van der Waals surface area contributed by atoms with Crippen LogP contribution in [-0.2, 0) is 5.75 Å². The molecule has 2 N–H and O–H groups in total. The molecule has 0 saturated carbocycles. The SMILES string of the molecule is CC(C)C[C@H](CO)Nc1cc(SCc2cccc(F)c2F)nc(Cl)n1. The van der Waals surface area contributed by atoms with E-state index in [1.165, 1.54) is 23.9 Å². The highest BCUT2D eigenvalue weighted by Gasteiger charge is 2.13. The summed E-state index contributed by atoms with van der Waals surface area (Å²) in [5, 5.41) is 13.2. The first-order valence-corrected chi connectivity index (χ1v) is 9.23. The second kappa shape index (κ2) is 9.31. The van der Waals surface area contributed by atoms with E-state index in [0.717, 1.165) is 12.5 Å². The van der Waals surface area contributed by atoms with Crippen LogP contribution in [0.15, 0.2) is 29.3 Å². The van der Waals surface area contributed by atoms with Gasteiger partial charge in [-0.2, -0.15) is 0 Å². The molecule has 1 atom stereocenters. The van der Waals surface area contributed by atoms with Crippen LogP contribution in [0.5, 0.6) is 0 Å². The van der Waals surface area contributed by atoms with Crippen molar-refractivity contribution >= 4 is 29.2 Å². The summed E-state index contributed by atoms with van der Waals surface area (Å²) < 4.78 is 27.0. The fraction of sp³-hybridized carbons (Fsp3) is 0.412. The summed E-state index contributed by atoms with van der Waals surface area (Å²) in [5.41, 5.74) is 0.252. The van der Waals surface area contributed by atoms with Crippen molar-refractivity contribution in [1.82, 2.24) is 9.97 Å². The number of halogens is 3. The molecule has 0 spiro atoms. The molecule has 1 aromatic carbocycles. The molecule has 2 aromatic rings. The average Bonchev–Trinajstić information content (AvgIpc) is 2.54. The first kappa shape index (κ1) is 19.9. The molecule has 0 aliphatic rings. The lowest BCUT2D eigenvalue weighted by molar-refractivity contribution is 0.259. The van der Waals surface area contributed by atoms with E-state index in [0.29, 0.717) is 16.8 Å². The van der Waals surface area contributed by atoms with Crippen LogP contribution in [-0.4, -0.2) is 27.7 Å². The number of thioether (sulfide) groups is 1. The molecule has 0 saturated heterocycles. The third-order valence-corrected chi connectivity index (χ3v) is 4.54. The van der Waals surface area contributed by atoms with Crippen molar-refractivity contribution in [1.29, 1.82) is 0 Å². The maximum absolute atomic E-state index is 13.7. The van der Waals surface area contributed by atoms with Crippen molar-refractivity contribution in [3.8, 4) is 0 Å². The third-order valence-electron chi connectivity index (χ3n) is 3.41. The largest absolute Gasteiger partial charge is 0.394 e. The number of nitrogens with zero attached hydrogens (tertiary/aromatic N) is 2. The fourth-order valence-corrected chi connectivity index (χ4v) is 3.42. The van der Waals surface area contributed by atoms with Crippen LogP contribution in [0.25, 0.3) is 0 Å². The number of aliphatic hydroxyl groups is 1. The summed E-state index contributed by atoms with van der Waals surface area (Å²) in [6.07, 6.45) is 0.773. The van der Waals surface area contributed by atoms with Crippen molar-refractivity contribution < 1.29 is 13.9 Å². The molecule has 8 heteroatoms. The van der Waals surface area contributed by atoms with Gasteiger partial charge in [0.2, 0.25) is 5.28 Å². The van der Waals surface area contributed by atoms with Gasteiger partial charge in [0.25, 0.3) is 0 Å². The van der Waals surface area contributed by atoms with Gasteiger partial charge < -0.3 is 10.4 Å². The molecule has 0 bridgehead atoms. The number of hydrogen-bond acceptors (Lipinski definition) is 5. The van der Waals surface area contributed by atoms with Crippen molar-refractivity contribution in [2.45, 2.75) is 37.1 Å². The molecule has 2 rings (SSSR count). The second-order valence-corrected chi connectivity index (χ2v) is 7.35. The van der Waals surface area contributed by atoms with Gasteiger partial charge in [0.1, 0.15) is 10.8 Å². The molecule has 0 aliphatic heterocycles. The van der Waals surface area contributed by atoms with Crippen molar-refractivity contribution in [3.63, 3.8) is 0 Å². The van der Waals surface area contributed by atoms with Gasteiger partial charge in [-0.1, -0.05) is 26.0 Å². The molecule has 25 heavy (non-hydrogen) atoms. The number of nitrogens with one attached hydrogen (secondary N) is 1. The Balaban J connectivity index is 2.09. The Hall–Kier alpha value is -1.44. The van der Waals surface area contributed by atoms with Gasteiger partial charge in [-0.15, -0.1) is 11.8 Å². The van der Waals surface area contributed by atoms with Crippen molar-refractivity contribution in [2.24, 2.45) is 5.92 Å². The molecule has 0 fully saturated rings. The Morgan fingerprint density at radius 1 is 1.28 bits per heavy atom. The summed E-state index contributed by atoms with van der Waals surface area (Å²) in [4.78, 5) is 8.19. The monoisotopic (exact) mass is 387 g/mol. The fourth-order valence-electron chi connectivity index (χ4n) is 2.31. The van der Waals surface area contributed by atoms with Crippen LogP contribution >= 0.6 is 23.4 Å². The van der Waals surface area contributed by atoms with Crippen molar-refractivity contribution in [3.05, 3.63) is 46.7 Å². The van der Waals surface area contributed by atoms with E-state index >= 15 is 0 Å². The number of aromatic nitrogens is 2. The Morgan fingerprint density at radius 2 is 2.04 bits per heavy atom. The lowest BCUT2D eigenvalue weighted by Gasteiger charge is -2.19. The summed E-state index contributed by atoms with van der Waals surface area (Å²) in [7, 11) is 0. The van der Waals surface area contributed by atoms with E-state index in [1.807, 2.05) is 0 Å². The van der Waals surface area contributed by atoms with E-state index in [1.54, 1.807) is 6.07 Å². The highest BCUT2D eigenvalue weighted by atomic mass is 35.5. The Labute approximate surface area is 155 Å². The van der Waals surface area contributed by atoms with Gasteiger partial charge in [0.05, 0.1) is 12.6 Å². The van der Waals surface area contributed by atoms with E-state index in [-0.39, 0.29) is 29.2 Å². The van der Waals surface area contributed by atoms with Crippen LogP contribution in [0.2, 0.25) is 5.28 Å². The molecule has 1 heterocycles. The highest BCUT2D eigenvalue weighted by Crippen LogP contribution is 2.26. The van der Waals surface area contributed by atoms with Gasteiger partial charge in [0, 0.05) is 17.4 Å².